The van der Waals surface area contributed by atoms with Crippen LogP contribution in [0, 0.1) is 22.7 Å². The smallest absolute Gasteiger partial charge is 0.240 e. The molecule has 3 rings (SSSR count). The van der Waals surface area contributed by atoms with E-state index in [1.807, 2.05) is 18.2 Å². The Labute approximate surface area is 141 Å². The first-order chi connectivity index (χ1) is 11.7. The summed E-state index contributed by atoms with van der Waals surface area (Å²) in [6.45, 7) is 1.98. The highest BCUT2D eigenvalue weighted by Gasteiger charge is 2.40. The van der Waals surface area contributed by atoms with Crippen molar-refractivity contribution >= 4 is 5.91 Å². The highest BCUT2D eigenvalue weighted by atomic mass is 16.5. The summed E-state index contributed by atoms with van der Waals surface area (Å²) < 4.78 is 16.3. The van der Waals surface area contributed by atoms with Crippen LogP contribution in [0.25, 0.3) is 0 Å². The van der Waals surface area contributed by atoms with Crippen LogP contribution in [0.4, 0.5) is 0 Å². The average molecular weight is 330 g/mol. The number of nitriles is 1. The van der Waals surface area contributed by atoms with Gasteiger partial charge in [0.15, 0.2) is 0 Å². The van der Waals surface area contributed by atoms with Crippen molar-refractivity contribution in [3.63, 3.8) is 0 Å². The predicted octanol–water partition coefficient (Wildman–Crippen LogP) is 1.68. The second kappa shape index (κ2) is 7.10. The van der Waals surface area contributed by atoms with Gasteiger partial charge < -0.3 is 19.5 Å². The summed E-state index contributed by atoms with van der Waals surface area (Å²) in [5, 5.41) is 12.4. The zero-order chi connectivity index (χ0) is 17.0. The molecule has 1 aromatic carbocycles. The average Bonchev–Trinajstić information content (AvgIpc) is 2.65. The summed E-state index contributed by atoms with van der Waals surface area (Å²) >= 11 is 0. The van der Waals surface area contributed by atoms with Gasteiger partial charge in [0.05, 0.1) is 19.8 Å². The fourth-order valence-electron chi connectivity index (χ4n) is 3.19. The zero-order valence-corrected chi connectivity index (χ0v) is 13.8. The van der Waals surface area contributed by atoms with Crippen LogP contribution in [0.15, 0.2) is 18.2 Å². The number of rotatable bonds is 4. The van der Waals surface area contributed by atoms with E-state index in [0.717, 1.165) is 23.5 Å². The lowest BCUT2D eigenvalue weighted by Gasteiger charge is -2.31. The molecule has 1 aromatic rings. The topological polar surface area (TPSA) is 80.6 Å². The Morgan fingerprint density at radius 3 is 2.96 bits per heavy atom. The number of carbonyl (C=O) groups is 1. The summed E-state index contributed by atoms with van der Waals surface area (Å²) in [7, 11) is 1.63. The molecule has 2 heterocycles. The molecule has 1 saturated heterocycles. The molecule has 0 radical (unpaired) electrons. The van der Waals surface area contributed by atoms with Crippen LogP contribution in [0.1, 0.15) is 18.4 Å². The van der Waals surface area contributed by atoms with Crippen molar-refractivity contribution in [1.29, 1.82) is 5.26 Å². The number of benzene rings is 1. The maximum absolute atomic E-state index is 12.5. The van der Waals surface area contributed by atoms with Crippen molar-refractivity contribution in [2.45, 2.75) is 19.3 Å². The van der Waals surface area contributed by atoms with Crippen LogP contribution in [0.5, 0.6) is 11.5 Å². The van der Waals surface area contributed by atoms with Crippen LogP contribution in [-0.2, 0) is 16.0 Å². The third kappa shape index (κ3) is 3.31. The second-order valence-corrected chi connectivity index (χ2v) is 6.37. The Bertz CT molecular complexity index is 647. The van der Waals surface area contributed by atoms with E-state index in [0.29, 0.717) is 39.2 Å². The molecule has 0 aromatic heterocycles. The standard InChI is InChI=1S/C18H22N2O4/c1-22-15-3-2-14-8-13(11-24-16(14)9-15)10-20-17(21)18(12-19)4-6-23-7-5-18/h2-3,9,13H,4-8,10-11H2,1H3,(H,20,21)/t13-/m1/s1. The van der Waals surface area contributed by atoms with Gasteiger partial charge >= 0.3 is 0 Å². The molecule has 2 aliphatic rings. The third-order valence-corrected chi connectivity index (χ3v) is 4.80. The quantitative estimate of drug-likeness (QED) is 0.908. The van der Waals surface area contributed by atoms with E-state index in [2.05, 4.69) is 11.4 Å². The minimum Gasteiger partial charge on any atom is -0.497 e. The van der Waals surface area contributed by atoms with Crippen molar-refractivity contribution in [1.82, 2.24) is 5.32 Å². The van der Waals surface area contributed by atoms with Gasteiger partial charge in [-0.25, -0.2) is 0 Å². The predicted molar refractivity (Wildman–Crippen MR) is 86.8 cm³/mol. The zero-order valence-electron chi connectivity index (χ0n) is 13.8. The first-order valence-electron chi connectivity index (χ1n) is 8.24. The van der Waals surface area contributed by atoms with Crippen molar-refractivity contribution in [3.8, 4) is 17.6 Å². The molecular formula is C18H22N2O4. The number of nitrogens with one attached hydrogen (secondary N) is 1. The summed E-state index contributed by atoms with van der Waals surface area (Å²) in [5.74, 6) is 1.63. The number of ether oxygens (including phenoxy) is 3. The van der Waals surface area contributed by atoms with E-state index in [1.165, 1.54) is 0 Å². The molecule has 1 N–H and O–H groups in total. The first-order valence-corrected chi connectivity index (χ1v) is 8.24. The maximum atomic E-state index is 12.5. The molecule has 1 atom stereocenters. The van der Waals surface area contributed by atoms with E-state index in [9.17, 15) is 10.1 Å². The molecular weight excluding hydrogens is 308 g/mol. The van der Waals surface area contributed by atoms with Crippen molar-refractivity contribution in [2.24, 2.45) is 11.3 Å². The van der Waals surface area contributed by atoms with Crippen LogP contribution < -0.4 is 14.8 Å². The molecule has 0 spiro atoms. The molecule has 6 heteroatoms. The SMILES string of the molecule is COc1ccc2c(c1)OC[C@@H](CNC(=O)C1(C#N)CCOCC1)C2. The van der Waals surface area contributed by atoms with Crippen LogP contribution in [-0.4, -0.2) is 39.4 Å². The number of hydrogen-bond acceptors (Lipinski definition) is 5. The molecule has 128 valence electrons. The van der Waals surface area contributed by atoms with Gasteiger partial charge in [-0.05, 0) is 30.9 Å². The molecule has 0 saturated carbocycles. The van der Waals surface area contributed by atoms with E-state index in [4.69, 9.17) is 14.2 Å². The first kappa shape index (κ1) is 16.6. The van der Waals surface area contributed by atoms with E-state index in [-0.39, 0.29) is 11.8 Å². The minimum absolute atomic E-state index is 0.186. The summed E-state index contributed by atoms with van der Waals surface area (Å²) in [5.41, 5.74) is 0.168. The van der Waals surface area contributed by atoms with Gasteiger partial charge in [-0.3, -0.25) is 4.79 Å². The largest absolute Gasteiger partial charge is 0.497 e. The van der Waals surface area contributed by atoms with Gasteiger partial charge in [-0.1, -0.05) is 6.07 Å². The van der Waals surface area contributed by atoms with Crippen LogP contribution >= 0.6 is 0 Å². The van der Waals surface area contributed by atoms with Gasteiger partial charge in [-0.2, -0.15) is 5.26 Å². The Kier molecular flexibility index (Phi) is 4.91. The van der Waals surface area contributed by atoms with E-state index >= 15 is 0 Å². The summed E-state index contributed by atoms with van der Waals surface area (Å²) in [4.78, 5) is 12.5. The normalized spacial score (nSPS) is 21.8. The highest BCUT2D eigenvalue weighted by molar-refractivity contribution is 5.85. The Morgan fingerprint density at radius 2 is 2.25 bits per heavy atom. The van der Waals surface area contributed by atoms with Crippen molar-refractivity contribution < 1.29 is 19.0 Å². The fourth-order valence-corrected chi connectivity index (χ4v) is 3.19. The molecule has 1 fully saturated rings. The molecule has 1 amide bonds. The summed E-state index contributed by atoms with van der Waals surface area (Å²) in [6.07, 6.45) is 1.75. The van der Waals surface area contributed by atoms with Gasteiger partial charge in [0, 0.05) is 31.7 Å². The number of nitrogens with zero attached hydrogens (tertiary/aromatic N) is 1. The van der Waals surface area contributed by atoms with Crippen molar-refractivity contribution in [2.75, 3.05) is 33.5 Å². The van der Waals surface area contributed by atoms with Crippen molar-refractivity contribution in [3.05, 3.63) is 23.8 Å². The molecule has 0 unspecified atom stereocenters. The molecule has 0 aliphatic carbocycles. The fraction of sp³-hybridized carbons (Fsp3) is 0.556. The van der Waals surface area contributed by atoms with Gasteiger partial charge in [0.2, 0.25) is 5.91 Å². The van der Waals surface area contributed by atoms with Crippen LogP contribution in [0.2, 0.25) is 0 Å². The summed E-state index contributed by atoms with van der Waals surface area (Å²) in [6, 6.07) is 7.99. The number of amides is 1. The molecule has 24 heavy (non-hydrogen) atoms. The van der Waals surface area contributed by atoms with E-state index in [1.54, 1.807) is 7.11 Å². The molecule has 2 aliphatic heterocycles. The molecule has 0 bridgehead atoms. The number of carbonyl (C=O) groups excluding carboxylic acids is 1. The maximum Gasteiger partial charge on any atom is 0.240 e. The third-order valence-electron chi connectivity index (χ3n) is 4.80. The monoisotopic (exact) mass is 330 g/mol. The van der Waals surface area contributed by atoms with Gasteiger partial charge in [0.25, 0.3) is 0 Å². The van der Waals surface area contributed by atoms with Gasteiger partial charge in [-0.15, -0.1) is 0 Å². The number of hydrogen-bond donors (Lipinski definition) is 1. The lowest BCUT2D eigenvalue weighted by Crippen LogP contribution is -2.46. The van der Waals surface area contributed by atoms with Gasteiger partial charge in [0.1, 0.15) is 16.9 Å². The van der Waals surface area contributed by atoms with E-state index < -0.39 is 5.41 Å². The number of methoxy groups -OCH3 is 1. The lowest BCUT2D eigenvalue weighted by atomic mass is 9.80. The Balaban J connectivity index is 1.57. The van der Waals surface area contributed by atoms with Crippen LogP contribution in [0.3, 0.4) is 0 Å². The Morgan fingerprint density at radius 1 is 1.46 bits per heavy atom. The second-order valence-electron chi connectivity index (χ2n) is 6.37. The Hall–Kier alpha value is -2.26. The minimum atomic E-state index is -0.945. The number of fused-ring (bicyclic) bond motifs is 1. The molecule has 6 nitrogen and oxygen atoms in total. The highest BCUT2D eigenvalue weighted by Crippen LogP contribution is 2.32. The lowest BCUT2D eigenvalue weighted by molar-refractivity contribution is -0.132.